The average molecular weight is 301 g/mol. The molecule has 0 saturated heterocycles. The molecule has 0 radical (unpaired) electrons. The lowest BCUT2D eigenvalue weighted by atomic mass is 10.1. The fraction of sp³-hybridized carbons (Fsp3) is 0.188. The highest BCUT2D eigenvalue weighted by atomic mass is 16.6. The Labute approximate surface area is 127 Å². The number of rotatable bonds is 5. The Morgan fingerprint density at radius 3 is 2.77 bits per heavy atom. The van der Waals surface area contributed by atoms with Gasteiger partial charge in [-0.15, -0.1) is 0 Å². The molecule has 6 nitrogen and oxygen atoms in total. The number of nitro benzene ring substituents is 1. The number of carbonyl (C=O) groups excluding carboxylic acids is 1. The predicted octanol–water partition coefficient (Wildman–Crippen LogP) is 3.92. The van der Waals surface area contributed by atoms with E-state index in [1.54, 1.807) is 38.1 Å². The van der Waals surface area contributed by atoms with E-state index in [1.807, 2.05) is 0 Å². The summed E-state index contributed by atoms with van der Waals surface area (Å²) in [5.74, 6) is -0.125. The van der Waals surface area contributed by atoms with Crippen LogP contribution in [0.1, 0.15) is 35.5 Å². The van der Waals surface area contributed by atoms with Crippen LogP contribution in [0.2, 0.25) is 0 Å². The first-order valence-electron chi connectivity index (χ1n) is 6.68. The van der Waals surface area contributed by atoms with Crippen LogP contribution in [-0.4, -0.2) is 17.0 Å². The SMILES string of the molecule is CC(C)OC(=O)c1ccoc1/C=C/c1cccc([N+](=O)[O-])c1. The third-order valence-corrected chi connectivity index (χ3v) is 2.77. The molecule has 2 aromatic rings. The number of nitrogens with zero attached hydrogens (tertiary/aromatic N) is 1. The van der Waals surface area contributed by atoms with E-state index in [0.29, 0.717) is 16.9 Å². The smallest absolute Gasteiger partial charge is 0.342 e. The fourth-order valence-electron chi connectivity index (χ4n) is 1.81. The molecule has 0 unspecified atom stereocenters. The fourth-order valence-corrected chi connectivity index (χ4v) is 1.81. The molecule has 0 saturated carbocycles. The molecule has 0 bridgehead atoms. The van der Waals surface area contributed by atoms with Gasteiger partial charge < -0.3 is 9.15 Å². The van der Waals surface area contributed by atoms with Crippen LogP contribution >= 0.6 is 0 Å². The van der Waals surface area contributed by atoms with Crippen LogP contribution in [0.3, 0.4) is 0 Å². The van der Waals surface area contributed by atoms with Crippen molar-refractivity contribution in [3.63, 3.8) is 0 Å². The minimum atomic E-state index is -0.470. The minimum absolute atomic E-state index is 0.000959. The molecule has 1 heterocycles. The summed E-state index contributed by atoms with van der Waals surface area (Å²) in [6.45, 7) is 3.52. The number of non-ortho nitro benzene ring substituents is 1. The van der Waals surface area contributed by atoms with Crippen molar-refractivity contribution in [1.82, 2.24) is 0 Å². The highest BCUT2D eigenvalue weighted by molar-refractivity contribution is 5.93. The molecule has 1 aromatic carbocycles. The van der Waals surface area contributed by atoms with Gasteiger partial charge >= 0.3 is 5.97 Å². The van der Waals surface area contributed by atoms with Gasteiger partial charge in [0.2, 0.25) is 0 Å². The van der Waals surface area contributed by atoms with Gasteiger partial charge in [0.05, 0.1) is 17.3 Å². The average Bonchev–Trinajstić information content (AvgIpc) is 2.93. The van der Waals surface area contributed by atoms with Crippen LogP contribution in [0, 0.1) is 10.1 Å². The second kappa shape index (κ2) is 6.71. The Kier molecular flexibility index (Phi) is 4.73. The summed E-state index contributed by atoms with van der Waals surface area (Å²) in [6.07, 6.45) is 4.38. The molecule has 22 heavy (non-hydrogen) atoms. The number of nitro groups is 1. The van der Waals surface area contributed by atoms with Crippen LogP contribution in [-0.2, 0) is 4.74 Å². The maximum Gasteiger partial charge on any atom is 0.342 e. The Hall–Kier alpha value is -2.89. The van der Waals surface area contributed by atoms with E-state index in [2.05, 4.69) is 0 Å². The van der Waals surface area contributed by atoms with E-state index in [4.69, 9.17) is 9.15 Å². The monoisotopic (exact) mass is 301 g/mol. The van der Waals surface area contributed by atoms with E-state index in [0.717, 1.165) is 0 Å². The van der Waals surface area contributed by atoms with E-state index in [1.165, 1.54) is 24.5 Å². The van der Waals surface area contributed by atoms with Crippen molar-refractivity contribution in [3.8, 4) is 0 Å². The van der Waals surface area contributed by atoms with Gasteiger partial charge in [-0.2, -0.15) is 0 Å². The molecule has 0 aliphatic carbocycles. The molecule has 0 aliphatic rings. The molecule has 0 fully saturated rings. The maximum absolute atomic E-state index is 11.9. The summed E-state index contributed by atoms with van der Waals surface area (Å²) in [7, 11) is 0. The molecule has 2 rings (SSSR count). The van der Waals surface area contributed by atoms with Crippen molar-refractivity contribution < 1.29 is 18.9 Å². The lowest BCUT2D eigenvalue weighted by Crippen LogP contribution is -2.11. The topological polar surface area (TPSA) is 82.6 Å². The van der Waals surface area contributed by atoms with Crippen molar-refractivity contribution in [2.75, 3.05) is 0 Å². The van der Waals surface area contributed by atoms with Crippen molar-refractivity contribution in [3.05, 3.63) is 63.6 Å². The summed E-state index contributed by atoms with van der Waals surface area (Å²) >= 11 is 0. The zero-order valence-corrected chi connectivity index (χ0v) is 12.2. The van der Waals surface area contributed by atoms with Crippen LogP contribution in [0.25, 0.3) is 12.2 Å². The van der Waals surface area contributed by atoms with Gasteiger partial charge in [0.1, 0.15) is 11.3 Å². The molecule has 0 aliphatic heterocycles. The van der Waals surface area contributed by atoms with Crippen molar-refractivity contribution in [2.45, 2.75) is 20.0 Å². The third kappa shape index (κ3) is 3.82. The minimum Gasteiger partial charge on any atom is -0.464 e. The number of ether oxygens (including phenoxy) is 1. The number of benzene rings is 1. The van der Waals surface area contributed by atoms with E-state index in [-0.39, 0.29) is 11.8 Å². The molecule has 0 amide bonds. The largest absolute Gasteiger partial charge is 0.464 e. The maximum atomic E-state index is 11.9. The lowest BCUT2D eigenvalue weighted by molar-refractivity contribution is -0.384. The quantitative estimate of drug-likeness (QED) is 0.475. The van der Waals surface area contributed by atoms with Crippen LogP contribution in [0.5, 0.6) is 0 Å². The first-order valence-corrected chi connectivity index (χ1v) is 6.68. The second-order valence-corrected chi connectivity index (χ2v) is 4.84. The summed E-state index contributed by atoms with van der Waals surface area (Å²) in [5.41, 5.74) is 0.949. The summed E-state index contributed by atoms with van der Waals surface area (Å²) in [4.78, 5) is 22.2. The zero-order chi connectivity index (χ0) is 16.1. The Balaban J connectivity index is 2.21. The molecule has 1 aromatic heterocycles. The summed E-state index contributed by atoms with van der Waals surface area (Å²) < 4.78 is 10.4. The molecule has 6 heteroatoms. The van der Waals surface area contributed by atoms with Gasteiger partial charge in [-0.05, 0) is 31.6 Å². The van der Waals surface area contributed by atoms with E-state index >= 15 is 0 Å². The molecule has 0 spiro atoms. The number of hydrogen-bond donors (Lipinski definition) is 0. The van der Waals surface area contributed by atoms with Crippen LogP contribution in [0.4, 0.5) is 5.69 Å². The molecule has 0 N–H and O–H groups in total. The standard InChI is InChI=1S/C16H15NO5/c1-11(2)22-16(18)14-8-9-21-15(14)7-6-12-4-3-5-13(10-12)17(19)20/h3-11H,1-2H3/b7-6+. The third-order valence-electron chi connectivity index (χ3n) is 2.77. The van der Waals surface area contributed by atoms with Gasteiger partial charge in [-0.25, -0.2) is 4.79 Å². The summed E-state index contributed by atoms with van der Waals surface area (Å²) in [5, 5.41) is 10.7. The zero-order valence-electron chi connectivity index (χ0n) is 12.2. The van der Waals surface area contributed by atoms with E-state index in [9.17, 15) is 14.9 Å². The Bertz CT molecular complexity index is 715. The molecule has 114 valence electrons. The van der Waals surface area contributed by atoms with Crippen molar-refractivity contribution >= 4 is 23.8 Å². The van der Waals surface area contributed by atoms with E-state index < -0.39 is 10.9 Å². The first-order chi connectivity index (χ1) is 10.5. The number of furan rings is 1. The second-order valence-electron chi connectivity index (χ2n) is 4.84. The van der Waals surface area contributed by atoms with Crippen LogP contribution < -0.4 is 0 Å². The van der Waals surface area contributed by atoms with Crippen LogP contribution in [0.15, 0.2) is 41.0 Å². The van der Waals surface area contributed by atoms with Gasteiger partial charge in [0, 0.05) is 12.1 Å². The number of hydrogen-bond acceptors (Lipinski definition) is 5. The normalized spacial score (nSPS) is 11.0. The van der Waals surface area contributed by atoms with Gasteiger partial charge in [-0.1, -0.05) is 18.2 Å². The van der Waals surface area contributed by atoms with Crippen molar-refractivity contribution in [1.29, 1.82) is 0 Å². The van der Waals surface area contributed by atoms with Gasteiger partial charge in [-0.3, -0.25) is 10.1 Å². The first kappa shape index (κ1) is 15.5. The Morgan fingerprint density at radius 1 is 1.32 bits per heavy atom. The van der Waals surface area contributed by atoms with Crippen molar-refractivity contribution in [2.24, 2.45) is 0 Å². The van der Waals surface area contributed by atoms with Gasteiger partial charge in [0.25, 0.3) is 5.69 Å². The number of carbonyl (C=O) groups is 1. The molecular weight excluding hydrogens is 286 g/mol. The predicted molar refractivity (Wildman–Crippen MR) is 81.3 cm³/mol. The lowest BCUT2D eigenvalue weighted by Gasteiger charge is -2.06. The van der Waals surface area contributed by atoms with Gasteiger partial charge in [0.15, 0.2) is 0 Å². The number of esters is 1. The molecule has 0 atom stereocenters. The molecular formula is C16H15NO5. The highest BCUT2D eigenvalue weighted by Gasteiger charge is 2.15. The Morgan fingerprint density at radius 2 is 2.09 bits per heavy atom. The summed E-state index contributed by atoms with van der Waals surface area (Å²) in [6, 6.07) is 7.69. The highest BCUT2D eigenvalue weighted by Crippen LogP contribution is 2.19.